The summed E-state index contributed by atoms with van der Waals surface area (Å²) in [5.74, 6) is 0.867. The zero-order valence-corrected chi connectivity index (χ0v) is 18.2. The van der Waals surface area contributed by atoms with Crippen molar-refractivity contribution >= 4 is 17.8 Å². The van der Waals surface area contributed by atoms with E-state index in [-0.39, 0.29) is 0 Å². The van der Waals surface area contributed by atoms with Crippen LogP contribution >= 0.6 is 7.14 Å². The van der Waals surface area contributed by atoms with E-state index in [2.05, 4.69) is 10.2 Å². The van der Waals surface area contributed by atoms with Crippen molar-refractivity contribution in [2.45, 2.75) is 6.16 Å². The van der Waals surface area contributed by atoms with Crippen molar-refractivity contribution in [3.63, 3.8) is 0 Å². The highest BCUT2D eigenvalue weighted by molar-refractivity contribution is 7.78. The van der Waals surface area contributed by atoms with Crippen molar-refractivity contribution in [1.82, 2.24) is 10.2 Å². The average molecular weight is 436 g/mol. The Kier molecular flexibility index (Phi) is 5.53. The molecule has 0 bridgehead atoms. The Labute approximate surface area is 187 Å². The number of hydrogen-bond donors (Lipinski definition) is 0. The molecule has 4 aromatic carbocycles. The molecule has 0 radical (unpaired) electrons. The van der Waals surface area contributed by atoms with Gasteiger partial charge in [0.2, 0.25) is 11.8 Å². The molecule has 1 heterocycles. The van der Waals surface area contributed by atoms with Gasteiger partial charge in [-0.1, -0.05) is 91.0 Å². The van der Waals surface area contributed by atoms with Crippen LogP contribution in [0.2, 0.25) is 0 Å². The summed E-state index contributed by atoms with van der Waals surface area (Å²) in [6, 6.07) is 37.0. The monoisotopic (exact) mass is 436 g/mol. The molecule has 5 heteroatoms. The standard InChI is InChI=1S/C27H21N2O2P/c30-32(24-16-8-3-9-17-24,20-21-11-4-1-5-12-21)25-18-10-15-23(19-25)27-29-28-26(31-27)22-13-6-2-7-14-22/h1-19H,20H2. The lowest BCUT2D eigenvalue weighted by atomic mass is 10.2. The first-order valence-corrected chi connectivity index (χ1v) is 12.3. The van der Waals surface area contributed by atoms with Gasteiger partial charge in [0.25, 0.3) is 0 Å². The molecule has 1 aromatic heterocycles. The van der Waals surface area contributed by atoms with Gasteiger partial charge in [-0.3, -0.25) is 0 Å². The van der Waals surface area contributed by atoms with E-state index in [1.54, 1.807) is 0 Å². The molecule has 32 heavy (non-hydrogen) atoms. The summed E-state index contributed by atoms with van der Waals surface area (Å²) in [5, 5.41) is 10.0. The quantitative estimate of drug-likeness (QED) is 0.310. The molecule has 0 aliphatic rings. The Balaban J connectivity index is 1.56. The normalized spacial score (nSPS) is 12.9. The second-order valence-corrected chi connectivity index (χ2v) is 10.4. The van der Waals surface area contributed by atoms with E-state index in [4.69, 9.17) is 4.42 Å². The topological polar surface area (TPSA) is 56.0 Å². The van der Waals surface area contributed by atoms with Gasteiger partial charge in [-0.2, -0.15) is 0 Å². The smallest absolute Gasteiger partial charge is 0.248 e. The number of nitrogens with zero attached hydrogens (tertiary/aromatic N) is 2. The van der Waals surface area contributed by atoms with Gasteiger partial charge in [-0.25, -0.2) is 0 Å². The minimum absolute atomic E-state index is 0.407. The van der Waals surface area contributed by atoms with E-state index in [1.165, 1.54) is 0 Å². The third-order valence-electron chi connectivity index (χ3n) is 5.38. The second kappa shape index (κ2) is 8.78. The molecule has 0 fully saturated rings. The van der Waals surface area contributed by atoms with E-state index in [9.17, 15) is 4.57 Å². The molecule has 4 nitrogen and oxygen atoms in total. The maximum Gasteiger partial charge on any atom is 0.248 e. The summed E-state index contributed by atoms with van der Waals surface area (Å²) in [7, 11) is -2.93. The average Bonchev–Trinajstić information content (AvgIpc) is 3.36. The first kappa shape index (κ1) is 20.2. The maximum absolute atomic E-state index is 14.5. The number of benzene rings is 4. The van der Waals surface area contributed by atoms with Crippen LogP contribution in [0.1, 0.15) is 5.56 Å². The van der Waals surface area contributed by atoms with Crippen LogP contribution in [0, 0.1) is 0 Å². The fourth-order valence-corrected chi connectivity index (χ4v) is 6.46. The van der Waals surface area contributed by atoms with Crippen LogP contribution in [-0.4, -0.2) is 10.2 Å². The van der Waals surface area contributed by atoms with Crippen LogP contribution in [0.15, 0.2) is 120 Å². The lowest BCUT2D eigenvalue weighted by Gasteiger charge is -2.20. The Hall–Kier alpha value is -3.75. The molecule has 1 atom stereocenters. The SMILES string of the molecule is O=P(Cc1ccccc1)(c1ccccc1)c1cccc(-c2nnc(-c3ccccc3)o2)c1. The van der Waals surface area contributed by atoms with Gasteiger partial charge in [0.15, 0.2) is 0 Å². The molecule has 0 aliphatic carbocycles. The molecular weight excluding hydrogens is 415 g/mol. The molecule has 156 valence electrons. The van der Waals surface area contributed by atoms with Crippen molar-refractivity contribution in [3.8, 4) is 22.9 Å². The van der Waals surface area contributed by atoms with Crippen LogP contribution in [0.4, 0.5) is 0 Å². The van der Waals surface area contributed by atoms with Crippen molar-refractivity contribution in [1.29, 1.82) is 0 Å². The minimum atomic E-state index is -2.93. The van der Waals surface area contributed by atoms with Gasteiger partial charge in [0.05, 0.1) is 0 Å². The van der Waals surface area contributed by atoms with Crippen LogP contribution < -0.4 is 10.6 Å². The molecule has 0 amide bonds. The Morgan fingerprint density at radius 2 is 1.12 bits per heavy atom. The first-order valence-electron chi connectivity index (χ1n) is 10.4. The maximum atomic E-state index is 14.5. The third kappa shape index (κ3) is 4.05. The van der Waals surface area contributed by atoms with Gasteiger partial charge >= 0.3 is 0 Å². The zero-order valence-electron chi connectivity index (χ0n) is 17.3. The number of rotatable bonds is 6. The van der Waals surface area contributed by atoms with Gasteiger partial charge < -0.3 is 8.98 Å². The highest BCUT2D eigenvalue weighted by Crippen LogP contribution is 2.47. The van der Waals surface area contributed by atoms with E-state index in [0.29, 0.717) is 17.9 Å². The fourth-order valence-electron chi connectivity index (χ4n) is 3.74. The van der Waals surface area contributed by atoms with Gasteiger partial charge in [0, 0.05) is 27.9 Å². The molecule has 1 unspecified atom stereocenters. The van der Waals surface area contributed by atoms with Crippen molar-refractivity contribution in [2.75, 3.05) is 0 Å². The molecule has 5 aromatic rings. The summed E-state index contributed by atoms with van der Waals surface area (Å²) in [6.45, 7) is 0. The predicted molar refractivity (Wildman–Crippen MR) is 129 cm³/mol. The highest BCUT2D eigenvalue weighted by atomic mass is 31.2. The highest BCUT2D eigenvalue weighted by Gasteiger charge is 2.28. The van der Waals surface area contributed by atoms with E-state index >= 15 is 0 Å². The summed E-state index contributed by atoms with van der Waals surface area (Å²) in [6.07, 6.45) is 0.445. The van der Waals surface area contributed by atoms with E-state index in [0.717, 1.165) is 27.3 Å². The van der Waals surface area contributed by atoms with Gasteiger partial charge in [-0.15, -0.1) is 10.2 Å². The van der Waals surface area contributed by atoms with Gasteiger partial charge in [0.1, 0.15) is 7.14 Å². The zero-order chi connectivity index (χ0) is 21.8. The lowest BCUT2D eigenvalue weighted by Crippen LogP contribution is -2.17. The van der Waals surface area contributed by atoms with Crippen LogP contribution in [0.25, 0.3) is 22.9 Å². The molecule has 5 rings (SSSR count). The van der Waals surface area contributed by atoms with Gasteiger partial charge in [-0.05, 0) is 29.8 Å². The molecular formula is C27H21N2O2P. The van der Waals surface area contributed by atoms with Crippen molar-refractivity contribution in [3.05, 3.63) is 121 Å². The number of hydrogen-bond acceptors (Lipinski definition) is 4. The summed E-state index contributed by atoms with van der Waals surface area (Å²) < 4.78 is 20.5. The van der Waals surface area contributed by atoms with Crippen LogP contribution in [0.3, 0.4) is 0 Å². The Morgan fingerprint density at radius 3 is 1.81 bits per heavy atom. The first-order chi connectivity index (χ1) is 15.7. The summed E-state index contributed by atoms with van der Waals surface area (Å²) >= 11 is 0. The molecule has 0 spiro atoms. The van der Waals surface area contributed by atoms with Crippen LogP contribution in [0.5, 0.6) is 0 Å². The lowest BCUT2D eigenvalue weighted by molar-refractivity contribution is 0.584. The number of aromatic nitrogens is 2. The van der Waals surface area contributed by atoms with E-state index < -0.39 is 7.14 Å². The van der Waals surface area contributed by atoms with E-state index in [1.807, 2.05) is 115 Å². The Morgan fingerprint density at radius 1 is 0.594 bits per heavy atom. The van der Waals surface area contributed by atoms with Crippen molar-refractivity contribution in [2.24, 2.45) is 0 Å². The molecule has 0 aliphatic heterocycles. The largest absolute Gasteiger partial charge is 0.416 e. The fraction of sp³-hybridized carbons (Fsp3) is 0.0370. The summed E-state index contributed by atoms with van der Waals surface area (Å²) in [4.78, 5) is 0. The molecule has 0 saturated carbocycles. The molecule has 0 N–H and O–H groups in total. The predicted octanol–water partition coefficient (Wildman–Crippen LogP) is 5.92. The van der Waals surface area contributed by atoms with Crippen LogP contribution in [-0.2, 0) is 10.7 Å². The third-order valence-corrected chi connectivity index (χ3v) is 8.43. The summed E-state index contributed by atoms with van der Waals surface area (Å²) in [5.41, 5.74) is 2.65. The minimum Gasteiger partial charge on any atom is -0.416 e. The van der Waals surface area contributed by atoms with Crippen molar-refractivity contribution < 1.29 is 8.98 Å². The molecule has 0 saturated heterocycles. The second-order valence-electron chi connectivity index (χ2n) is 7.55. The Bertz CT molecular complexity index is 1370.